The molecule has 9 heteroatoms. The second-order valence-corrected chi connectivity index (χ2v) is 14.2. The quantitative estimate of drug-likeness (QED) is 0.143. The molecule has 2 fully saturated rings. The molecule has 8 nitrogen and oxygen atoms in total. The summed E-state index contributed by atoms with van der Waals surface area (Å²) in [5.74, 6) is 2.38. The molecule has 0 N–H and O–H groups in total. The molecule has 4 aliphatic rings. The standard InChI is InChI=1S/2C25H21N2O2.Zn/c2*1-4-10-18(11-5-1)21-16-28-24(26-21)23(20-14-8-3-9-15-20)25-27-22(17-29-25)19-12-6-2-7-13-19;/h2*1-15,21-22H,16-17H2;/q2*-1;+2/b2*24-23+;/t2*21-,22-;/m10./s1. The summed E-state index contributed by atoms with van der Waals surface area (Å²) < 4.78 is 24.2. The van der Waals surface area contributed by atoms with Gasteiger partial charge in [0.2, 0.25) is 11.8 Å². The van der Waals surface area contributed by atoms with E-state index < -0.39 is 0 Å². The van der Waals surface area contributed by atoms with Crippen LogP contribution in [-0.4, -0.2) is 38.2 Å². The Labute approximate surface area is 358 Å². The largest absolute Gasteiger partial charge is 2.00 e. The van der Waals surface area contributed by atoms with Crippen LogP contribution >= 0.6 is 0 Å². The topological polar surface area (TPSA) is 89.8 Å². The molecule has 0 aromatic heterocycles. The summed E-state index contributed by atoms with van der Waals surface area (Å²) in [5, 5.41) is 9.75. The molecule has 4 aliphatic heterocycles. The summed E-state index contributed by atoms with van der Waals surface area (Å²) in [7, 11) is 0. The van der Waals surface area contributed by atoms with Crippen LogP contribution in [0.1, 0.15) is 57.5 Å². The minimum Gasteiger partial charge on any atom is -0.644 e. The van der Waals surface area contributed by atoms with Crippen molar-refractivity contribution in [1.82, 2.24) is 0 Å². The second-order valence-electron chi connectivity index (χ2n) is 14.2. The number of benzene rings is 6. The predicted octanol–water partition coefficient (Wildman–Crippen LogP) is 11.3. The third-order valence-corrected chi connectivity index (χ3v) is 10.3. The van der Waals surface area contributed by atoms with E-state index in [1.165, 1.54) is 0 Å². The van der Waals surface area contributed by atoms with Crippen LogP contribution in [0.15, 0.2) is 204 Å². The van der Waals surface area contributed by atoms with E-state index in [-0.39, 0.29) is 43.6 Å². The van der Waals surface area contributed by atoms with Crippen molar-refractivity contribution in [3.05, 3.63) is 238 Å². The van der Waals surface area contributed by atoms with Gasteiger partial charge in [-0.1, -0.05) is 205 Å². The molecule has 6 aromatic carbocycles. The van der Waals surface area contributed by atoms with Crippen molar-refractivity contribution < 1.29 is 38.4 Å². The van der Waals surface area contributed by atoms with Crippen molar-refractivity contribution in [1.29, 1.82) is 0 Å². The summed E-state index contributed by atoms with van der Waals surface area (Å²) in [6, 6.07) is 61.0. The van der Waals surface area contributed by atoms with Gasteiger partial charge in [0.15, 0.2) is 0 Å². The Balaban J connectivity index is 0.000000161. The molecule has 10 rings (SSSR count). The van der Waals surface area contributed by atoms with Crippen LogP contribution < -0.4 is 0 Å². The maximum atomic E-state index is 6.04. The van der Waals surface area contributed by atoms with E-state index in [1.54, 1.807) is 0 Å². The average molecular weight is 828 g/mol. The predicted molar refractivity (Wildman–Crippen MR) is 229 cm³/mol. The third kappa shape index (κ3) is 9.16. The van der Waals surface area contributed by atoms with Crippen molar-refractivity contribution in [3.8, 4) is 0 Å². The van der Waals surface area contributed by atoms with E-state index in [0.29, 0.717) is 50.0 Å². The van der Waals surface area contributed by atoms with E-state index >= 15 is 0 Å². The maximum absolute atomic E-state index is 6.04. The first kappa shape index (κ1) is 39.4. The molecular weight excluding hydrogens is 786 g/mol. The van der Waals surface area contributed by atoms with Gasteiger partial charge in [-0.15, -0.1) is 0 Å². The normalized spacial score (nSPS) is 21.9. The molecule has 288 valence electrons. The minimum atomic E-state index is -0.0168. The fraction of sp³-hybridized carbons (Fsp3) is 0.160. The van der Waals surface area contributed by atoms with Crippen molar-refractivity contribution in [2.24, 2.45) is 9.98 Å². The Morgan fingerprint density at radius 3 is 1.02 bits per heavy atom. The number of hydrogen-bond acceptors (Lipinski definition) is 6. The Kier molecular flexibility index (Phi) is 12.6. The SMILES string of the molecule is [Zn+2].c1ccc(/C(C2=N[C@@H](c3ccccc3)CO2)=C2/[N-][C@@H](c3ccccc3)CO2)cc1.c1ccc(/C(C2=N[C@H](c3ccccc3)CO2)=C2/[N-][C@H](c3ccccc3)CO2)cc1. The molecule has 0 bridgehead atoms. The van der Waals surface area contributed by atoms with E-state index in [0.717, 1.165) is 44.5 Å². The molecule has 6 aromatic rings. The van der Waals surface area contributed by atoms with Crippen LogP contribution in [0.3, 0.4) is 0 Å². The maximum Gasteiger partial charge on any atom is 2.00 e. The number of aliphatic imine (C=N–C) groups is 2. The minimum absolute atomic E-state index is 0. The number of hydrogen-bond donors (Lipinski definition) is 0. The van der Waals surface area contributed by atoms with Crippen molar-refractivity contribution in [3.63, 3.8) is 0 Å². The summed E-state index contributed by atoms with van der Waals surface area (Å²) in [6.45, 7) is 2.08. The van der Waals surface area contributed by atoms with E-state index in [9.17, 15) is 0 Å². The fourth-order valence-corrected chi connectivity index (χ4v) is 7.31. The van der Waals surface area contributed by atoms with Crippen LogP contribution in [0.5, 0.6) is 0 Å². The summed E-state index contributed by atoms with van der Waals surface area (Å²) in [4.78, 5) is 9.75. The molecular formula is C50H42N4O4Zn. The van der Waals surface area contributed by atoms with Crippen LogP contribution in [0, 0.1) is 0 Å². The van der Waals surface area contributed by atoms with Gasteiger partial charge in [0.05, 0.1) is 24.4 Å². The summed E-state index contributed by atoms with van der Waals surface area (Å²) in [6.07, 6.45) is 0. The zero-order chi connectivity index (χ0) is 38.9. The van der Waals surface area contributed by atoms with E-state index in [4.69, 9.17) is 39.6 Å². The smallest absolute Gasteiger partial charge is 0.644 e. The Bertz CT molecular complexity index is 2240. The molecule has 4 atom stereocenters. The molecule has 0 amide bonds. The fourth-order valence-electron chi connectivity index (χ4n) is 7.31. The molecule has 0 aliphatic carbocycles. The third-order valence-electron chi connectivity index (χ3n) is 10.3. The van der Waals surface area contributed by atoms with Gasteiger partial charge in [-0.2, -0.15) is 0 Å². The number of nitrogens with zero attached hydrogens (tertiary/aromatic N) is 4. The Morgan fingerprint density at radius 2 is 0.678 bits per heavy atom. The van der Waals surface area contributed by atoms with Gasteiger partial charge in [0.1, 0.15) is 25.3 Å². The van der Waals surface area contributed by atoms with Crippen molar-refractivity contribution in [2.45, 2.75) is 24.2 Å². The van der Waals surface area contributed by atoms with Gasteiger partial charge in [-0.3, -0.25) is 0 Å². The zero-order valence-electron chi connectivity index (χ0n) is 32.6. The molecule has 2 saturated heterocycles. The monoisotopic (exact) mass is 826 g/mol. The van der Waals surface area contributed by atoms with Crippen molar-refractivity contribution >= 4 is 22.9 Å². The van der Waals surface area contributed by atoms with Gasteiger partial charge < -0.3 is 29.6 Å². The molecule has 0 radical (unpaired) electrons. The number of ether oxygens (including phenoxy) is 4. The van der Waals surface area contributed by atoms with Crippen molar-refractivity contribution in [2.75, 3.05) is 26.4 Å². The van der Waals surface area contributed by atoms with Crippen LogP contribution in [0.4, 0.5) is 0 Å². The van der Waals surface area contributed by atoms with E-state index in [1.807, 2.05) is 133 Å². The first-order chi connectivity index (χ1) is 28.8. The molecule has 0 saturated carbocycles. The molecule has 59 heavy (non-hydrogen) atoms. The molecule has 4 heterocycles. The summed E-state index contributed by atoms with van der Waals surface area (Å²) in [5.41, 5.74) is 8.21. The van der Waals surface area contributed by atoms with E-state index in [2.05, 4.69) is 48.5 Å². The van der Waals surface area contributed by atoms with Crippen LogP contribution in [0.25, 0.3) is 21.8 Å². The zero-order valence-corrected chi connectivity index (χ0v) is 35.6. The first-order valence-corrected chi connectivity index (χ1v) is 19.7. The van der Waals surface area contributed by atoms with Crippen LogP contribution in [0.2, 0.25) is 0 Å². The van der Waals surface area contributed by atoms with Gasteiger partial charge >= 0.3 is 19.5 Å². The van der Waals surface area contributed by atoms with Gasteiger partial charge in [-0.25, -0.2) is 9.98 Å². The molecule has 0 unspecified atom stereocenters. The first-order valence-electron chi connectivity index (χ1n) is 19.7. The van der Waals surface area contributed by atoms with Gasteiger partial charge in [0, 0.05) is 11.8 Å². The second kappa shape index (κ2) is 18.9. The Hall–Kier alpha value is -6.44. The molecule has 0 spiro atoms. The number of rotatable bonds is 8. The summed E-state index contributed by atoms with van der Waals surface area (Å²) >= 11 is 0. The van der Waals surface area contributed by atoms with Crippen LogP contribution in [-0.2, 0) is 38.4 Å². The van der Waals surface area contributed by atoms with Gasteiger partial charge in [0.25, 0.3) is 0 Å². The Morgan fingerprint density at radius 1 is 0.373 bits per heavy atom. The average Bonchev–Trinajstić information content (AvgIpc) is 4.16. The van der Waals surface area contributed by atoms with Gasteiger partial charge in [-0.05, 0) is 22.3 Å².